The van der Waals surface area contributed by atoms with Crippen molar-refractivity contribution in [2.45, 2.75) is 31.5 Å². The molecular weight excluding hydrogens is 485 g/mol. The van der Waals surface area contributed by atoms with Crippen LogP contribution in [0.25, 0.3) is 5.69 Å². The van der Waals surface area contributed by atoms with E-state index in [2.05, 4.69) is 11.7 Å². The molecule has 0 atom stereocenters. The normalized spacial score (nSPS) is 15.7. The fraction of sp³-hybridized carbons (Fsp3) is 0.320. The summed E-state index contributed by atoms with van der Waals surface area (Å²) in [6.45, 7) is 2.99. The molecule has 0 aliphatic carbocycles. The van der Waals surface area contributed by atoms with Gasteiger partial charge in [0.1, 0.15) is 17.2 Å². The maximum absolute atomic E-state index is 13.2. The highest BCUT2D eigenvalue weighted by Crippen LogP contribution is 2.39. The highest BCUT2D eigenvalue weighted by atomic mass is 35.5. The Hall–Kier alpha value is -3.33. The van der Waals surface area contributed by atoms with E-state index >= 15 is 0 Å². The van der Waals surface area contributed by atoms with Gasteiger partial charge in [-0.05, 0) is 49.2 Å². The van der Waals surface area contributed by atoms with Crippen LogP contribution in [0.5, 0.6) is 17.2 Å². The molecule has 2 aromatic carbocycles. The molecule has 1 aliphatic heterocycles. The number of methoxy groups -OCH3 is 1. The van der Waals surface area contributed by atoms with Crippen LogP contribution < -0.4 is 9.47 Å². The first-order chi connectivity index (χ1) is 16.5. The van der Waals surface area contributed by atoms with Crippen LogP contribution in [0.1, 0.15) is 35.8 Å². The van der Waals surface area contributed by atoms with E-state index in [-0.39, 0.29) is 28.4 Å². The number of alkyl halides is 3. The van der Waals surface area contributed by atoms with Crippen molar-refractivity contribution in [1.29, 1.82) is 0 Å². The van der Waals surface area contributed by atoms with Gasteiger partial charge in [-0.2, -0.15) is 0 Å². The van der Waals surface area contributed by atoms with Gasteiger partial charge >= 0.3 is 6.36 Å². The number of likely N-dealkylation sites (tertiary alicyclic amines) is 1. The summed E-state index contributed by atoms with van der Waals surface area (Å²) in [6, 6.07) is 12.3. The Morgan fingerprint density at radius 3 is 2.46 bits per heavy atom. The lowest BCUT2D eigenvalue weighted by Gasteiger charge is -2.40. The van der Waals surface area contributed by atoms with Gasteiger partial charge < -0.3 is 24.0 Å². The molecule has 0 bridgehead atoms. The summed E-state index contributed by atoms with van der Waals surface area (Å²) in [5.74, 6) is -0.704. The van der Waals surface area contributed by atoms with Crippen LogP contribution in [-0.4, -0.2) is 47.0 Å². The van der Waals surface area contributed by atoms with Crippen molar-refractivity contribution < 1.29 is 32.5 Å². The van der Waals surface area contributed by atoms with E-state index in [0.717, 1.165) is 17.8 Å². The zero-order chi connectivity index (χ0) is 25.4. The van der Waals surface area contributed by atoms with E-state index in [9.17, 15) is 23.1 Å². The van der Waals surface area contributed by atoms with Crippen molar-refractivity contribution in [3.63, 3.8) is 0 Å². The molecule has 6 nitrogen and oxygen atoms in total. The second-order valence-electron chi connectivity index (χ2n) is 8.66. The average Bonchev–Trinajstić information content (AvgIpc) is 3.28. The van der Waals surface area contributed by atoms with Crippen LogP contribution in [0.15, 0.2) is 54.7 Å². The SMILES string of the molecule is COc1cc(OC(F)(F)F)ccc1C(=O)N1CCC(C)(c2cccn2-c2ccc(Cl)cc2O)CC1. The van der Waals surface area contributed by atoms with E-state index in [0.29, 0.717) is 36.6 Å². The third kappa shape index (κ3) is 5.19. The largest absolute Gasteiger partial charge is 0.573 e. The van der Waals surface area contributed by atoms with Gasteiger partial charge in [0.25, 0.3) is 5.91 Å². The number of halogens is 4. The molecule has 0 spiro atoms. The molecule has 3 aromatic rings. The third-order valence-electron chi connectivity index (χ3n) is 6.36. The molecule has 1 aliphatic rings. The minimum Gasteiger partial charge on any atom is -0.506 e. The molecule has 35 heavy (non-hydrogen) atoms. The van der Waals surface area contributed by atoms with Gasteiger partial charge in [-0.3, -0.25) is 4.79 Å². The number of piperidine rings is 1. The first kappa shape index (κ1) is 24.8. The van der Waals surface area contributed by atoms with Crippen molar-refractivity contribution in [1.82, 2.24) is 9.47 Å². The predicted octanol–water partition coefficient (Wildman–Crippen LogP) is 5.94. The van der Waals surface area contributed by atoms with Crippen LogP contribution >= 0.6 is 11.6 Å². The summed E-state index contributed by atoms with van der Waals surface area (Å²) < 4.78 is 48.6. The smallest absolute Gasteiger partial charge is 0.506 e. The number of benzene rings is 2. The maximum atomic E-state index is 13.2. The number of carbonyl (C=O) groups is 1. The molecule has 4 rings (SSSR count). The standard InChI is InChI=1S/C25H24ClF3N2O4/c1-24(22-4-3-11-31(22)19-8-5-16(26)14-20(19)32)9-12-30(13-10-24)23(33)18-7-6-17(15-21(18)34-2)35-25(27,28)29/h3-8,11,14-15,32H,9-10,12-13H2,1-2H3. The first-order valence-electron chi connectivity index (χ1n) is 10.9. The lowest BCUT2D eigenvalue weighted by Crippen LogP contribution is -2.44. The van der Waals surface area contributed by atoms with Crippen molar-refractivity contribution >= 4 is 17.5 Å². The first-order valence-corrected chi connectivity index (χ1v) is 11.3. The van der Waals surface area contributed by atoms with Gasteiger partial charge in [0, 0.05) is 47.6 Å². The van der Waals surface area contributed by atoms with Gasteiger partial charge in [-0.15, -0.1) is 13.2 Å². The van der Waals surface area contributed by atoms with Crippen LogP contribution in [0.3, 0.4) is 0 Å². The number of hydrogen-bond acceptors (Lipinski definition) is 4. The number of nitrogens with zero attached hydrogens (tertiary/aromatic N) is 2. The lowest BCUT2D eigenvalue weighted by atomic mass is 9.77. The molecule has 0 radical (unpaired) electrons. The van der Waals surface area contributed by atoms with Gasteiger partial charge in [0.05, 0.1) is 18.4 Å². The lowest BCUT2D eigenvalue weighted by molar-refractivity contribution is -0.274. The predicted molar refractivity (Wildman–Crippen MR) is 125 cm³/mol. The average molecular weight is 509 g/mol. The van der Waals surface area contributed by atoms with Crippen LogP contribution in [0.4, 0.5) is 13.2 Å². The van der Waals surface area contributed by atoms with Gasteiger partial charge in [0.15, 0.2) is 0 Å². The highest BCUT2D eigenvalue weighted by molar-refractivity contribution is 6.30. The van der Waals surface area contributed by atoms with E-state index in [1.165, 1.54) is 19.2 Å². The second kappa shape index (κ2) is 9.37. The maximum Gasteiger partial charge on any atom is 0.573 e. The summed E-state index contributed by atoms with van der Waals surface area (Å²) in [6.07, 6.45) is -1.67. The Labute approximate surface area is 205 Å². The highest BCUT2D eigenvalue weighted by Gasteiger charge is 2.37. The quantitative estimate of drug-likeness (QED) is 0.463. The fourth-order valence-corrected chi connectivity index (χ4v) is 4.62. The van der Waals surface area contributed by atoms with E-state index < -0.39 is 12.1 Å². The van der Waals surface area contributed by atoms with E-state index in [1.807, 2.05) is 22.9 Å². The molecule has 1 aromatic heterocycles. The molecular formula is C25H24ClF3N2O4. The molecule has 2 heterocycles. The molecule has 1 fully saturated rings. The zero-order valence-electron chi connectivity index (χ0n) is 19.1. The fourth-order valence-electron chi connectivity index (χ4n) is 4.46. The molecule has 1 N–H and O–H groups in total. The number of ether oxygens (including phenoxy) is 2. The number of hydrogen-bond donors (Lipinski definition) is 1. The van der Waals surface area contributed by atoms with E-state index in [4.69, 9.17) is 16.3 Å². The van der Waals surface area contributed by atoms with Crippen molar-refractivity contribution in [3.05, 3.63) is 71.0 Å². The van der Waals surface area contributed by atoms with Crippen LogP contribution in [-0.2, 0) is 5.41 Å². The van der Waals surface area contributed by atoms with Crippen LogP contribution in [0.2, 0.25) is 5.02 Å². The number of carbonyl (C=O) groups excluding carboxylic acids is 1. The Morgan fingerprint density at radius 2 is 1.83 bits per heavy atom. The Kier molecular flexibility index (Phi) is 6.64. The van der Waals surface area contributed by atoms with Gasteiger partial charge in [-0.1, -0.05) is 18.5 Å². The van der Waals surface area contributed by atoms with Crippen molar-refractivity contribution in [2.24, 2.45) is 0 Å². The Morgan fingerprint density at radius 1 is 1.11 bits per heavy atom. The zero-order valence-corrected chi connectivity index (χ0v) is 19.9. The second-order valence-corrected chi connectivity index (χ2v) is 9.10. The number of amides is 1. The number of aromatic hydroxyl groups is 1. The summed E-state index contributed by atoms with van der Waals surface area (Å²) >= 11 is 5.98. The summed E-state index contributed by atoms with van der Waals surface area (Å²) in [7, 11) is 1.29. The third-order valence-corrected chi connectivity index (χ3v) is 6.59. The summed E-state index contributed by atoms with van der Waals surface area (Å²) in [5, 5.41) is 10.8. The molecule has 0 saturated carbocycles. The summed E-state index contributed by atoms with van der Waals surface area (Å²) in [4.78, 5) is 14.8. The molecule has 1 saturated heterocycles. The number of aromatic nitrogens is 1. The molecule has 1 amide bonds. The number of phenols is 1. The van der Waals surface area contributed by atoms with Gasteiger partial charge in [0.2, 0.25) is 0 Å². The van der Waals surface area contributed by atoms with E-state index in [1.54, 1.807) is 17.0 Å². The van der Waals surface area contributed by atoms with Crippen molar-refractivity contribution in [3.8, 4) is 22.9 Å². The topological polar surface area (TPSA) is 63.9 Å². The Bertz CT molecular complexity index is 1230. The number of rotatable bonds is 5. The molecule has 0 unspecified atom stereocenters. The minimum atomic E-state index is -4.84. The van der Waals surface area contributed by atoms with Crippen molar-refractivity contribution in [2.75, 3.05) is 20.2 Å². The molecule has 10 heteroatoms. The Balaban J connectivity index is 1.51. The summed E-state index contributed by atoms with van der Waals surface area (Å²) in [5.41, 5.74) is 1.49. The van der Waals surface area contributed by atoms with Gasteiger partial charge in [-0.25, -0.2) is 0 Å². The monoisotopic (exact) mass is 508 g/mol. The van der Waals surface area contributed by atoms with Crippen LogP contribution in [0, 0.1) is 0 Å². The number of phenolic OH excluding ortho intramolecular Hbond substituents is 1. The minimum absolute atomic E-state index is 0.0113. The molecule has 186 valence electrons.